The van der Waals surface area contributed by atoms with E-state index in [1.165, 1.54) is 44.9 Å². The van der Waals surface area contributed by atoms with Gasteiger partial charge in [-0.2, -0.15) is 0 Å². The minimum absolute atomic E-state index is 0.204. The van der Waals surface area contributed by atoms with Crippen LogP contribution >= 0.6 is 0 Å². The van der Waals surface area contributed by atoms with Crippen LogP contribution in [0, 0.1) is 46.3 Å². The normalized spacial score (nSPS) is 39.6. The number of fused-ring (bicyclic) bond motifs is 1. The van der Waals surface area contributed by atoms with Gasteiger partial charge in [0.05, 0.1) is 5.57 Å². The molecule has 1 unspecified atom stereocenters. The predicted octanol–water partition coefficient (Wildman–Crippen LogP) is 8.00. The smallest absolute Gasteiger partial charge is 0.334 e. The topological polar surface area (TPSA) is 57.5 Å². The molecule has 3 aliphatic carbocycles. The Morgan fingerprint density at radius 2 is 1.77 bits per heavy atom. The molecule has 31 heavy (non-hydrogen) atoms. The van der Waals surface area contributed by atoms with Crippen molar-refractivity contribution in [3.8, 4) is 0 Å². The number of hydrogen-bond acceptors (Lipinski definition) is 2. The van der Waals surface area contributed by atoms with Crippen LogP contribution in [-0.2, 0) is 4.79 Å². The number of carboxylic acid groups (broad SMARTS) is 1. The Labute approximate surface area is 191 Å². The Morgan fingerprint density at radius 1 is 1.06 bits per heavy atom. The highest BCUT2D eigenvalue weighted by Crippen LogP contribution is 2.62. The van der Waals surface area contributed by atoms with Gasteiger partial charge in [0, 0.05) is 5.41 Å². The maximum Gasteiger partial charge on any atom is 0.334 e. The van der Waals surface area contributed by atoms with Crippen LogP contribution in [0.15, 0.2) is 11.3 Å². The lowest BCUT2D eigenvalue weighted by Crippen LogP contribution is -2.44. The fourth-order valence-electron chi connectivity index (χ4n) is 8.21. The molecule has 0 aromatic rings. The summed E-state index contributed by atoms with van der Waals surface area (Å²) >= 11 is 0. The zero-order valence-corrected chi connectivity index (χ0v) is 21.0. The van der Waals surface area contributed by atoms with Crippen molar-refractivity contribution in [1.82, 2.24) is 0 Å². The zero-order valence-electron chi connectivity index (χ0n) is 21.0. The van der Waals surface area contributed by atoms with Crippen molar-refractivity contribution in [3.63, 3.8) is 0 Å². The van der Waals surface area contributed by atoms with Crippen molar-refractivity contribution >= 4 is 5.97 Å². The van der Waals surface area contributed by atoms with E-state index in [4.69, 9.17) is 0 Å². The highest BCUT2D eigenvalue weighted by Gasteiger charge is 2.54. The van der Waals surface area contributed by atoms with Gasteiger partial charge in [0.1, 0.15) is 5.76 Å². The number of aliphatic hydroxyl groups is 1. The van der Waals surface area contributed by atoms with Gasteiger partial charge in [0.25, 0.3) is 0 Å². The molecule has 0 radical (unpaired) electrons. The molecule has 3 heteroatoms. The van der Waals surface area contributed by atoms with Crippen molar-refractivity contribution in [3.05, 3.63) is 11.3 Å². The third-order valence-electron chi connectivity index (χ3n) is 10.2. The first kappa shape index (κ1) is 24.6. The molecule has 2 saturated carbocycles. The van der Waals surface area contributed by atoms with Crippen molar-refractivity contribution in [2.75, 3.05) is 0 Å². The van der Waals surface area contributed by atoms with Crippen LogP contribution in [0.5, 0.6) is 0 Å². The Morgan fingerprint density at radius 3 is 2.39 bits per heavy atom. The molecule has 0 heterocycles. The van der Waals surface area contributed by atoms with Crippen molar-refractivity contribution in [2.24, 2.45) is 46.3 Å². The van der Waals surface area contributed by atoms with E-state index >= 15 is 0 Å². The second-order valence-electron chi connectivity index (χ2n) is 12.3. The molecule has 178 valence electrons. The van der Waals surface area contributed by atoms with Crippen molar-refractivity contribution in [1.29, 1.82) is 0 Å². The van der Waals surface area contributed by atoms with E-state index in [-0.39, 0.29) is 16.7 Å². The Kier molecular flexibility index (Phi) is 7.53. The van der Waals surface area contributed by atoms with Gasteiger partial charge in [-0.25, -0.2) is 4.79 Å². The molecule has 3 aliphatic rings. The third-order valence-corrected chi connectivity index (χ3v) is 10.2. The lowest BCUT2D eigenvalue weighted by molar-refractivity contribution is -0.133. The zero-order chi connectivity index (χ0) is 23.0. The molecule has 0 aliphatic heterocycles. The van der Waals surface area contributed by atoms with E-state index in [0.717, 1.165) is 37.0 Å². The molecular formula is C28H48O3. The number of allylic oxidation sites excluding steroid dienone is 1. The second-order valence-corrected chi connectivity index (χ2v) is 12.3. The molecule has 7 atom stereocenters. The fraction of sp³-hybridized carbons (Fsp3) is 0.893. The summed E-state index contributed by atoms with van der Waals surface area (Å²) in [6.45, 7) is 14.3. The quantitative estimate of drug-likeness (QED) is 0.408. The van der Waals surface area contributed by atoms with E-state index in [1.54, 1.807) is 0 Å². The molecule has 3 rings (SSSR count). The third kappa shape index (κ3) is 4.58. The first-order valence-electron chi connectivity index (χ1n) is 13.2. The molecule has 2 fully saturated rings. The van der Waals surface area contributed by atoms with Gasteiger partial charge in [-0.1, -0.05) is 67.2 Å². The van der Waals surface area contributed by atoms with Gasteiger partial charge in [0.15, 0.2) is 0 Å². The minimum Gasteiger partial charge on any atom is -0.511 e. The summed E-state index contributed by atoms with van der Waals surface area (Å²) < 4.78 is 0. The first-order valence-corrected chi connectivity index (χ1v) is 13.2. The SMILES string of the molecule is CC[C@]1(C)[C@@H]([C@H](C)CCCC(C)C)CC[C@H]1[C@@H]1CCC2CCC(C(=O)O)=C(O)[C@]2(C)C1. The monoisotopic (exact) mass is 432 g/mol. The number of carboxylic acids is 1. The van der Waals surface area contributed by atoms with Gasteiger partial charge in [-0.05, 0) is 85.9 Å². The largest absolute Gasteiger partial charge is 0.511 e. The van der Waals surface area contributed by atoms with Crippen LogP contribution in [-0.4, -0.2) is 16.2 Å². The van der Waals surface area contributed by atoms with Gasteiger partial charge in [-0.3, -0.25) is 0 Å². The van der Waals surface area contributed by atoms with Gasteiger partial charge in [-0.15, -0.1) is 0 Å². The molecular weight excluding hydrogens is 384 g/mol. The summed E-state index contributed by atoms with van der Waals surface area (Å²) in [6, 6.07) is 0. The lowest BCUT2D eigenvalue weighted by atomic mass is 9.53. The molecule has 0 aromatic heterocycles. The van der Waals surface area contributed by atoms with Crippen molar-refractivity contribution < 1.29 is 15.0 Å². The van der Waals surface area contributed by atoms with E-state index < -0.39 is 5.97 Å². The molecule has 0 saturated heterocycles. The summed E-state index contributed by atoms with van der Waals surface area (Å²) in [7, 11) is 0. The number of hydrogen-bond donors (Lipinski definition) is 2. The maximum absolute atomic E-state index is 11.7. The molecule has 0 spiro atoms. The fourth-order valence-corrected chi connectivity index (χ4v) is 8.21. The predicted molar refractivity (Wildman–Crippen MR) is 128 cm³/mol. The number of rotatable bonds is 8. The second kappa shape index (κ2) is 9.48. The minimum atomic E-state index is -0.922. The summed E-state index contributed by atoms with van der Waals surface area (Å²) in [5.74, 6) is 3.40. The van der Waals surface area contributed by atoms with Crippen LogP contribution in [0.4, 0.5) is 0 Å². The number of aliphatic carboxylic acids is 1. The molecule has 0 aromatic carbocycles. The van der Waals surface area contributed by atoms with E-state index in [9.17, 15) is 15.0 Å². The van der Waals surface area contributed by atoms with Crippen LogP contribution in [0.2, 0.25) is 0 Å². The van der Waals surface area contributed by atoms with Gasteiger partial charge >= 0.3 is 5.97 Å². The Hall–Kier alpha value is -0.990. The molecule has 3 nitrogen and oxygen atoms in total. The lowest BCUT2D eigenvalue weighted by Gasteiger charge is -2.51. The average molecular weight is 433 g/mol. The van der Waals surface area contributed by atoms with E-state index in [0.29, 0.717) is 29.6 Å². The average Bonchev–Trinajstić information content (AvgIpc) is 3.05. The summed E-state index contributed by atoms with van der Waals surface area (Å²) in [5, 5.41) is 20.6. The highest BCUT2D eigenvalue weighted by atomic mass is 16.4. The molecule has 0 bridgehead atoms. The van der Waals surface area contributed by atoms with E-state index in [1.807, 2.05) is 0 Å². The maximum atomic E-state index is 11.7. The highest BCUT2D eigenvalue weighted by molar-refractivity contribution is 5.87. The standard InChI is InChI=1S/C28H48O3/c1-7-27(5)23(19(4)10-8-9-18(2)3)15-16-24(27)20-11-12-21-13-14-22(26(30)31)25(29)28(21,6)17-20/h18-21,23-24,29H,7-17H2,1-6H3,(H,30,31)/t19-,20-,21?,23-,24+,27-,28-/m1/s1. The van der Waals surface area contributed by atoms with Crippen molar-refractivity contribution in [2.45, 2.75) is 112 Å². The van der Waals surface area contributed by atoms with Crippen LogP contribution < -0.4 is 0 Å². The van der Waals surface area contributed by atoms with Crippen LogP contribution in [0.3, 0.4) is 0 Å². The number of carbonyl (C=O) groups is 1. The molecule has 0 amide bonds. The van der Waals surface area contributed by atoms with Crippen LogP contribution in [0.1, 0.15) is 112 Å². The Balaban J connectivity index is 1.76. The summed E-state index contributed by atoms with van der Waals surface area (Å²) in [6.07, 6.45) is 12.7. The summed E-state index contributed by atoms with van der Waals surface area (Å²) in [4.78, 5) is 11.7. The first-order chi connectivity index (χ1) is 14.5. The van der Waals surface area contributed by atoms with Gasteiger partial charge < -0.3 is 10.2 Å². The summed E-state index contributed by atoms with van der Waals surface area (Å²) in [5.41, 5.74) is 0.305. The van der Waals surface area contributed by atoms with Crippen LogP contribution in [0.25, 0.3) is 0 Å². The number of aliphatic hydroxyl groups excluding tert-OH is 1. The van der Waals surface area contributed by atoms with Gasteiger partial charge in [0.2, 0.25) is 0 Å². The van der Waals surface area contributed by atoms with E-state index in [2.05, 4.69) is 41.5 Å². The Bertz CT molecular complexity index is 680. The molecule has 2 N–H and O–H groups in total.